The third-order valence-electron chi connectivity index (χ3n) is 3.19. The number of hydrogen-bond donors (Lipinski definition) is 2. The Labute approximate surface area is 122 Å². The monoisotopic (exact) mass is 300 g/mol. The largest absolute Gasteiger partial charge is 0.396 e. The van der Waals surface area contributed by atoms with E-state index in [-0.39, 0.29) is 11.9 Å². The maximum Gasteiger partial charge on any atom is 0.171 e. The lowest BCUT2D eigenvalue weighted by molar-refractivity contribution is 0.0248. The number of thioether (sulfide) groups is 1. The highest BCUT2D eigenvalue weighted by molar-refractivity contribution is 7.99. The summed E-state index contributed by atoms with van der Waals surface area (Å²) in [4.78, 5) is 13.1. The van der Waals surface area contributed by atoms with Gasteiger partial charge in [-0.2, -0.15) is 0 Å². The molecule has 1 aliphatic heterocycles. The third kappa shape index (κ3) is 3.43. The molecule has 19 heavy (non-hydrogen) atoms. The maximum absolute atomic E-state index is 11.5. The van der Waals surface area contributed by atoms with Gasteiger partial charge in [-0.3, -0.25) is 4.79 Å². The van der Waals surface area contributed by atoms with Crippen LogP contribution < -0.4 is 11.1 Å². The number of ketones is 1. The van der Waals surface area contributed by atoms with Crippen molar-refractivity contribution in [3.63, 3.8) is 0 Å². The third-order valence-corrected chi connectivity index (χ3v) is 5.41. The van der Waals surface area contributed by atoms with Gasteiger partial charge in [0, 0.05) is 20.1 Å². The average Bonchev–Trinajstić information content (AvgIpc) is 2.74. The summed E-state index contributed by atoms with van der Waals surface area (Å²) >= 11 is 3.02. The Morgan fingerprint density at radius 2 is 2.37 bits per heavy atom. The summed E-state index contributed by atoms with van der Waals surface area (Å²) in [5.41, 5.74) is 6.63. The van der Waals surface area contributed by atoms with Crippen molar-refractivity contribution in [2.75, 3.05) is 30.5 Å². The molecule has 1 unspecified atom stereocenters. The predicted octanol–water partition coefficient (Wildman–Crippen LogP) is 3.24. The number of nitrogen functional groups attached to an aromatic ring is 1. The van der Waals surface area contributed by atoms with Gasteiger partial charge in [0.25, 0.3) is 0 Å². The molecule has 106 valence electrons. The van der Waals surface area contributed by atoms with E-state index in [4.69, 9.17) is 10.5 Å². The van der Waals surface area contributed by atoms with E-state index in [1.54, 1.807) is 18.7 Å². The van der Waals surface area contributed by atoms with Gasteiger partial charge in [0.2, 0.25) is 0 Å². The molecule has 0 aliphatic carbocycles. The number of carbonyl (C=O) groups excluding carboxylic acids is 1. The quantitative estimate of drug-likeness (QED) is 0.645. The van der Waals surface area contributed by atoms with Gasteiger partial charge >= 0.3 is 0 Å². The zero-order chi connectivity index (χ0) is 13.8. The Kier molecular flexibility index (Phi) is 5.13. The highest BCUT2D eigenvalue weighted by Crippen LogP contribution is 2.41. The second kappa shape index (κ2) is 6.63. The zero-order valence-corrected chi connectivity index (χ0v) is 13.0. The first-order chi connectivity index (χ1) is 9.13. The van der Waals surface area contributed by atoms with Crippen LogP contribution >= 0.6 is 23.1 Å². The van der Waals surface area contributed by atoms with Crippen molar-refractivity contribution in [2.45, 2.75) is 37.2 Å². The number of ether oxygens (including phenoxy) is 1. The summed E-state index contributed by atoms with van der Waals surface area (Å²) in [6, 6.07) is 0. The predicted molar refractivity (Wildman–Crippen MR) is 82.6 cm³/mol. The molecule has 0 amide bonds. The van der Waals surface area contributed by atoms with Crippen molar-refractivity contribution in [3.05, 3.63) is 4.88 Å². The number of hydrogen-bond acceptors (Lipinski definition) is 6. The smallest absolute Gasteiger partial charge is 0.171 e. The van der Waals surface area contributed by atoms with Crippen LogP contribution in [0.25, 0.3) is 0 Å². The molecule has 0 spiro atoms. The van der Waals surface area contributed by atoms with Gasteiger partial charge in [0.15, 0.2) is 5.78 Å². The van der Waals surface area contributed by atoms with Crippen molar-refractivity contribution < 1.29 is 9.53 Å². The lowest BCUT2D eigenvalue weighted by Gasteiger charge is -2.23. The molecule has 1 fully saturated rings. The fourth-order valence-corrected chi connectivity index (χ4v) is 4.12. The second-order valence-electron chi connectivity index (χ2n) is 4.63. The van der Waals surface area contributed by atoms with E-state index in [9.17, 15) is 4.79 Å². The van der Waals surface area contributed by atoms with Crippen LogP contribution in [0.2, 0.25) is 0 Å². The first-order valence-corrected chi connectivity index (χ1v) is 8.50. The molecule has 1 aromatic heterocycles. The van der Waals surface area contributed by atoms with Gasteiger partial charge in [-0.1, -0.05) is 0 Å². The molecule has 2 heterocycles. The molecule has 1 atom stereocenters. The van der Waals surface area contributed by atoms with Crippen molar-refractivity contribution in [2.24, 2.45) is 0 Å². The van der Waals surface area contributed by atoms with Crippen LogP contribution in [0.3, 0.4) is 0 Å². The van der Waals surface area contributed by atoms with Gasteiger partial charge in [-0.25, -0.2) is 0 Å². The molecular formula is C13H20N2O2S2. The van der Waals surface area contributed by atoms with Gasteiger partial charge in [0.05, 0.1) is 21.6 Å². The summed E-state index contributed by atoms with van der Waals surface area (Å²) in [7, 11) is 0. The van der Waals surface area contributed by atoms with E-state index in [1.165, 1.54) is 17.8 Å². The van der Waals surface area contributed by atoms with Crippen LogP contribution in [0.5, 0.6) is 0 Å². The second-order valence-corrected chi connectivity index (χ2v) is 6.47. The molecule has 1 aliphatic rings. The topological polar surface area (TPSA) is 64.3 Å². The summed E-state index contributed by atoms with van der Waals surface area (Å²) in [5, 5.41) is 4.38. The van der Waals surface area contributed by atoms with E-state index in [1.807, 2.05) is 6.26 Å². The number of Topliss-reactive ketones (excluding diaryl/α,β-unsaturated/α-hetero) is 1. The van der Waals surface area contributed by atoms with E-state index < -0.39 is 0 Å². The summed E-state index contributed by atoms with van der Waals surface area (Å²) < 4.78 is 5.69. The van der Waals surface area contributed by atoms with E-state index in [0.29, 0.717) is 10.6 Å². The van der Waals surface area contributed by atoms with Crippen LogP contribution in [0, 0.1) is 0 Å². The van der Waals surface area contributed by atoms with Gasteiger partial charge in [-0.15, -0.1) is 23.1 Å². The van der Waals surface area contributed by atoms with Crippen LogP contribution in [0.1, 0.15) is 35.9 Å². The number of carbonyl (C=O) groups is 1. The maximum atomic E-state index is 11.5. The van der Waals surface area contributed by atoms with Crippen LogP contribution in [0.4, 0.5) is 10.7 Å². The fourth-order valence-electron chi connectivity index (χ4n) is 2.18. The molecule has 0 radical (unpaired) electrons. The Bertz CT molecular complexity index is 454. The van der Waals surface area contributed by atoms with Gasteiger partial charge in [0.1, 0.15) is 5.00 Å². The minimum atomic E-state index is 0.0276. The molecule has 6 heteroatoms. The lowest BCUT2D eigenvalue weighted by atomic mass is 10.1. The van der Waals surface area contributed by atoms with Gasteiger partial charge < -0.3 is 15.8 Å². The van der Waals surface area contributed by atoms with Crippen molar-refractivity contribution >= 4 is 39.6 Å². The molecular weight excluding hydrogens is 280 g/mol. The minimum Gasteiger partial charge on any atom is -0.396 e. The van der Waals surface area contributed by atoms with Crippen molar-refractivity contribution in [1.29, 1.82) is 0 Å². The Morgan fingerprint density at radius 1 is 1.58 bits per heavy atom. The van der Waals surface area contributed by atoms with E-state index in [0.717, 1.165) is 35.9 Å². The number of thiophene rings is 1. The molecule has 1 aromatic rings. The van der Waals surface area contributed by atoms with Crippen molar-refractivity contribution in [3.8, 4) is 0 Å². The molecule has 4 nitrogen and oxygen atoms in total. The minimum absolute atomic E-state index is 0.0276. The highest BCUT2D eigenvalue weighted by atomic mass is 32.2. The molecule has 2 rings (SSSR count). The normalized spacial score (nSPS) is 19.4. The number of nitrogens with one attached hydrogen (secondary N) is 1. The summed E-state index contributed by atoms with van der Waals surface area (Å²) in [6.45, 7) is 3.19. The van der Waals surface area contributed by atoms with Crippen LogP contribution in [0.15, 0.2) is 4.90 Å². The number of rotatable bonds is 5. The molecule has 0 aromatic carbocycles. The average molecular weight is 300 g/mol. The summed E-state index contributed by atoms with van der Waals surface area (Å²) in [6.07, 6.45) is 5.74. The fraction of sp³-hybridized carbons (Fsp3) is 0.615. The molecule has 1 saturated heterocycles. The highest BCUT2D eigenvalue weighted by Gasteiger charge is 2.20. The number of anilines is 2. The zero-order valence-electron chi connectivity index (χ0n) is 11.3. The summed E-state index contributed by atoms with van der Waals surface area (Å²) in [5.74, 6) is 0.0276. The molecule has 0 bridgehead atoms. The first kappa shape index (κ1) is 14.7. The Morgan fingerprint density at radius 3 is 2.95 bits per heavy atom. The van der Waals surface area contributed by atoms with Gasteiger partial charge in [-0.05, 0) is 25.5 Å². The Hall–Kier alpha value is -0.720. The Balaban J connectivity index is 2.06. The molecule has 3 N–H and O–H groups in total. The lowest BCUT2D eigenvalue weighted by Crippen LogP contribution is -2.26. The SMILES string of the molecule is CSc1c(NCC2CCCCO2)sc(C(C)=O)c1N. The van der Waals surface area contributed by atoms with E-state index in [2.05, 4.69) is 5.32 Å². The molecule has 0 saturated carbocycles. The van der Waals surface area contributed by atoms with E-state index >= 15 is 0 Å². The number of nitrogens with two attached hydrogens (primary N) is 1. The van der Waals surface area contributed by atoms with Crippen LogP contribution in [-0.4, -0.2) is 31.3 Å². The van der Waals surface area contributed by atoms with Crippen LogP contribution in [-0.2, 0) is 4.74 Å². The van der Waals surface area contributed by atoms with Crippen molar-refractivity contribution in [1.82, 2.24) is 0 Å². The standard InChI is InChI=1S/C13H20N2O2S2/c1-8(16)11-10(14)12(18-2)13(19-11)15-7-9-5-3-4-6-17-9/h9,15H,3-7,14H2,1-2H3. The first-order valence-electron chi connectivity index (χ1n) is 6.46.